The van der Waals surface area contributed by atoms with Gasteiger partial charge < -0.3 is 9.94 Å². The van der Waals surface area contributed by atoms with Gasteiger partial charge in [0, 0.05) is 23.2 Å². The van der Waals surface area contributed by atoms with E-state index in [2.05, 4.69) is 20.9 Å². The van der Waals surface area contributed by atoms with E-state index in [0.29, 0.717) is 4.47 Å². The quantitative estimate of drug-likeness (QED) is 0.365. The largest absolute Gasteiger partial charge is 0.506 e. The maximum atomic E-state index is 13.9. The van der Waals surface area contributed by atoms with Crippen molar-refractivity contribution in [2.45, 2.75) is 19.4 Å². The highest BCUT2D eigenvalue weighted by atomic mass is 79.9. The summed E-state index contributed by atoms with van der Waals surface area (Å²) in [4.78, 5) is 35.9. The zero-order valence-corrected chi connectivity index (χ0v) is 18.7. The molecule has 9 heteroatoms. The summed E-state index contributed by atoms with van der Waals surface area (Å²) >= 11 is 3.26. The van der Waals surface area contributed by atoms with Gasteiger partial charge in [-0.2, -0.15) is 0 Å². The van der Waals surface area contributed by atoms with Crippen molar-refractivity contribution in [3.63, 3.8) is 0 Å². The summed E-state index contributed by atoms with van der Waals surface area (Å²) in [7, 11) is 0. The SMILES string of the molecule is O=C(CCc1ccc(F)cc1F)c1c(O)c2cc(Br)cnc2n(OCc2ccccc2)c1=O. The highest BCUT2D eigenvalue weighted by Crippen LogP contribution is 2.28. The van der Waals surface area contributed by atoms with E-state index in [1.54, 1.807) is 12.1 Å². The third-order valence-electron chi connectivity index (χ3n) is 5.03. The molecular formula is C24H17BrF2N2O4. The van der Waals surface area contributed by atoms with Gasteiger partial charge in [-0.25, -0.2) is 13.8 Å². The van der Waals surface area contributed by atoms with Crippen molar-refractivity contribution in [3.8, 4) is 5.75 Å². The molecule has 0 aliphatic rings. The van der Waals surface area contributed by atoms with Gasteiger partial charge in [-0.3, -0.25) is 9.59 Å². The van der Waals surface area contributed by atoms with E-state index < -0.39 is 34.3 Å². The molecule has 6 nitrogen and oxygen atoms in total. The van der Waals surface area contributed by atoms with E-state index in [1.165, 1.54) is 18.3 Å². The van der Waals surface area contributed by atoms with E-state index in [4.69, 9.17) is 4.84 Å². The molecule has 0 saturated carbocycles. The van der Waals surface area contributed by atoms with Crippen LogP contribution in [0.25, 0.3) is 11.0 Å². The molecule has 2 aromatic carbocycles. The number of hydrogen-bond donors (Lipinski definition) is 1. The standard InChI is InChI=1S/C24H17BrF2N2O4/c25-16-10-18-22(31)21(20(30)9-7-15-6-8-17(26)11-19(15)27)24(32)29(23(18)28-12-16)33-13-14-4-2-1-3-5-14/h1-6,8,10-12,31H,7,9,13H2. The molecule has 0 atom stereocenters. The van der Waals surface area contributed by atoms with Gasteiger partial charge in [-0.1, -0.05) is 36.4 Å². The molecule has 1 N–H and O–H groups in total. The fourth-order valence-electron chi connectivity index (χ4n) is 3.38. The van der Waals surface area contributed by atoms with E-state index in [0.717, 1.165) is 22.4 Å². The van der Waals surface area contributed by atoms with Gasteiger partial charge in [0.05, 0.1) is 5.39 Å². The van der Waals surface area contributed by atoms with Crippen LogP contribution in [0.3, 0.4) is 0 Å². The Labute approximate surface area is 195 Å². The summed E-state index contributed by atoms with van der Waals surface area (Å²) in [5, 5.41) is 10.9. The Morgan fingerprint density at radius 3 is 2.61 bits per heavy atom. The summed E-state index contributed by atoms with van der Waals surface area (Å²) in [6, 6.07) is 13.6. The van der Waals surface area contributed by atoms with Crippen molar-refractivity contribution in [2.75, 3.05) is 0 Å². The number of fused-ring (bicyclic) bond motifs is 1. The smallest absolute Gasteiger partial charge is 0.299 e. The van der Waals surface area contributed by atoms with E-state index >= 15 is 0 Å². The fourth-order valence-corrected chi connectivity index (χ4v) is 3.72. The van der Waals surface area contributed by atoms with Crippen LogP contribution in [-0.2, 0) is 13.0 Å². The van der Waals surface area contributed by atoms with Gasteiger partial charge in [-0.15, -0.1) is 4.73 Å². The van der Waals surface area contributed by atoms with Gasteiger partial charge in [-0.05, 0) is 45.6 Å². The van der Waals surface area contributed by atoms with Crippen LogP contribution in [0, 0.1) is 11.6 Å². The molecule has 0 unspecified atom stereocenters. The first-order chi connectivity index (χ1) is 15.8. The second kappa shape index (κ2) is 9.50. The van der Waals surface area contributed by atoms with E-state index in [-0.39, 0.29) is 36.0 Å². The predicted molar refractivity (Wildman–Crippen MR) is 121 cm³/mol. The van der Waals surface area contributed by atoms with Crippen LogP contribution in [0.5, 0.6) is 5.75 Å². The monoisotopic (exact) mass is 514 g/mol. The molecule has 0 radical (unpaired) electrons. The minimum absolute atomic E-state index is 0.0206. The molecule has 0 saturated heterocycles. The van der Waals surface area contributed by atoms with Gasteiger partial charge in [0.15, 0.2) is 11.4 Å². The van der Waals surface area contributed by atoms with Crippen LogP contribution in [0.1, 0.15) is 27.9 Å². The summed E-state index contributed by atoms with van der Waals surface area (Å²) in [6.45, 7) is 0.0206. The highest BCUT2D eigenvalue weighted by Gasteiger charge is 2.24. The number of aryl methyl sites for hydroxylation is 1. The molecule has 2 aromatic heterocycles. The molecule has 0 amide bonds. The normalized spacial score (nSPS) is 11.0. The Balaban J connectivity index is 1.72. The Bertz CT molecular complexity index is 1410. The van der Waals surface area contributed by atoms with Crippen LogP contribution in [0.4, 0.5) is 8.78 Å². The van der Waals surface area contributed by atoms with Crippen molar-refractivity contribution in [1.29, 1.82) is 0 Å². The summed E-state index contributed by atoms with van der Waals surface area (Å²) in [6.07, 6.45) is 1.07. The molecular weight excluding hydrogens is 498 g/mol. The molecule has 0 bridgehead atoms. The average Bonchev–Trinajstić information content (AvgIpc) is 2.79. The van der Waals surface area contributed by atoms with Crippen molar-refractivity contribution in [1.82, 2.24) is 9.71 Å². The fraction of sp³-hybridized carbons (Fsp3) is 0.125. The van der Waals surface area contributed by atoms with Crippen molar-refractivity contribution in [2.24, 2.45) is 0 Å². The lowest BCUT2D eigenvalue weighted by Gasteiger charge is -2.15. The molecule has 0 aliphatic heterocycles. The highest BCUT2D eigenvalue weighted by molar-refractivity contribution is 9.10. The summed E-state index contributed by atoms with van der Waals surface area (Å²) < 4.78 is 28.5. The maximum absolute atomic E-state index is 13.9. The number of carbonyl (C=O) groups is 1. The summed E-state index contributed by atoms with van der Waals surface area (Å²) in [5.41, 5.74) is -0.427. The molecule has 168 valence electrons. The number of ketones is 1. The summed E-state index contributed by atoms with van der Waals surface area (Å²) in [5.74, 6) is -2.76. The van der Waals surface area contributed by atoms with Crippen molar-refractivity contribution in [3.05, 3.63) is 104 Å². The molecule has 2 heterocycles. The Morgan fingerprint density at radius 1 is 1.12 bits per heavy atom. The van der Waals surface area contributed by atoms with Crippen LogP contribution < -0.4 is 10.4 Å². The number of hydrogen-bond acceptors (Lipinski definition) is 5. The van der Waals surface area contributed by atoms with Crippen LogP contribution in [0.2, 0.25) is 0 Å². The second-order valence-corrected chi connectivity index (χ2v) is 8.18. The van der Waals surface area contributed by atoms with Gasteiger partial charge in [0.25, 0.3) is 5.56 Å². The molecule has 0 fully saturated rings. The first kappa shape index (κ1) is 22.6. The maximum Gasteiger partial charge on any atom is 0.299 e. The minimum Gasteiger partial charge on any atom is -0.506 e. The minimum atomic E-state index is -0.879. The predicted octanol–water partition coefficient (Wildman–Crippen LogP) is 4.59. The van der Waals surface area contributed by atoms with Crippen LogP contribution in [0.15, 0.2) is 70.1 Å². The number of benzene rings is 2. The lowest BCUT2D eigenvalue weighted by molar-refractivity contribution is 0.0910. The number of rotatable bonds is 7. The number of carbonyl (C=O) groups excluding carboxylic acids is 1. The molecule has 0 aliphatic carbocycles. The van der Waals surface area contributed by atoms with Crippen LogP contribution in [-0.4, -0.2) is 20.6 Å². The first-order valence-electron chi connectivity index (χ1n) is 9.92. The van der Waals surface area contributed by atoms with Crippen molar-refractivity contribution >= 4 is 32.7 Å². The number of pyridine rings is 2. The Hall–Kier alpha value is -3.59. The lowest BCUT2D eigenvalue weighted by Crippen LogP contribution is -2.32. The molecule has 0 spiro atoms. The molecule has 4 rings (SSSR count). The number of aromatic nitrogens is 2. The van der Waals surface area contributed by atoms with Gasteiger partial charge >= 0.3 is 0 Å². The van der Waals surface area contributed by atoms with Crippen LogP contribution >= 0.6 is 15.9 Å². The number of aromatic hydroxyl groups is 1. The molecule has 4 aromatic rings. The number of halogens is 3. The van der Waals surface area contributed by atoms with Crippen molar-refractivity contribution < 1.29 is 23.5 Å². The molecule has 33 heavy (non-hydrogen) atoms. The van der Waals surface area contributed by atoms with Gasteiger partial charge in [0.1, 0.15) is 29.6 Å². The van der Waals surface area contributed by atoms with E-state index in [1.807, 2.05) is 18.2 Å². The first-order valence-corrected chi connectivity index (χ1v) is 10.7. The number of Topliss-reactive ketones (excluding diaryl/α,β-unsaturated/α-hetero) is 1. The topological polar surface area (TPSA) is 81.4 Å². The average molecular weight is 515 g/mol. The second-order valence-electron chi connectivity index (χ2n) is 7.27. The lowest BCUT2D eigenvalue weighted by atomic mass is 10.0. The third-order valence-corrected chi connectivity index (χ3v) is 5.47. The Morgan fingerprint density at radius 2 is 1.88 bits per heavy atom. The number of nitrogens with zero attached hydrogens (tertiary/aromatic N) is 2. The Kier molecular flexibility index (Phi) is 6.50. The van der Waals surface area contributed by atoms with E-state index in [9.17, 15) is 23.5 Å². The van der Waals surface area contributed by atoms with Gasteiger partial charge in [0.2, 0.25) is 0 Å². The zero-order valence-electron chi connectivity index (χ0n) is 17.1. The zero-order chi connectivity index (χ0) is 23.5. The third kappa shape index (κ3) is 4.78.